The molecule has 0 bridgehead atoms. The lowest BCUT2D eigenvalue weighted by Crippen LogP contribution is -2.38. The average Bonchev–Trinajstić information content (AvgIpc) is 3.00. The van der Waals surface area contributed by atoms with Crippen LogP contribution in [0.25, 0.3) is 6.08 Å². The van der Waals surface area contributed by atoms with Crippen LogP contribution in [0.5, 0.6) is 5.75 Å². The Bertz CT molecular complexity index is 782. The van der Waals surface area contributed by atoms with Crippen molar-refractivity contribution in [3.05, 3.63) is 53.1 Å². The predicted molar refractivity (Wildman–Crippen MR) is 83.4 cm³/mol. The highest BCUT2D eigenvalue weighted by molar-refractivity contribution is 6.31. The Morgan fingerprint density at radius 3 is 2.87 bits per heavy atom. The molecule has 1 amide bonds. The quantitative estimate of drug-likeness (QED) is 0.869. The van der Waals surface area contributed by atoms with Crippen LogP contribution in [0.4, 0.5) is 5.69 Å². The fraction of sp³-hybridized carbons (Fsp3) is 0.125. The van der Waals surface area contributed by atoms with E-state index in [1.807, 2.05) is 0 Å². The van der Waals surface area contributed by atoms with Gasteiger partial charge in [0.2, 0.25) is 0 Å². The molecule has 0 unspecified atom stereocenters. The average molecular weight is 334 g/mol. The van der Waals surface area contributed by atoms with Crippen molar-refractivity contribution >= 4 is 35.2 Å². The number of fused-ring (bicyclic) bond motifs is 1. The molecule has 1 aromatic heterocycles. The largest absolute Gasteiger partial charge is 0.481 e. The number of hydrogen-bond acceptors (Lipinski definition) is 4. The van der Waals surface area contributed by atoms with Gasteiger partial charge in [-0.15, -0.1) is 0 Å². The monoisotopic (exact) mass is 333 g/mol. The van der Waals surface area contributed by atoms with Crippen molar-refractivity contribution in [2.45, 2.75) is 6.42 Å². The van der Waals surface area contributed by atoms with E-state index in [2.05, 4.69) is 0 Å². The molecule has 118 valence electrons. The minimum absolute atomic E-state index is 0.0142. The summed E-state index contributed by atoms with van der Waals surface area (Å²) in [7, 11) is 0. The molecule has 0 aliphatic carbocycles. The fourth-order valence-corrected chi connectivity index (χ4v) is 2.38. The van der Waals surface area contributed by atoms with E-state index in [0.29, 0.717) is 22.2 Å². The van der Waals surface area contributed by atoms with Crippen molar-refractivity contribution in [3.63, 3.8) is 0 Å². The molecule has 3 rings (SSSR count). The third kappa shape index (κ3) is 3.22. The molecule has 1 N–H and O–H groups in total. The highest BCUT2D eigenvalue weighted by atomic mass is 35.5. The first-order chi connectivity index (χ1) is 11.0. The number of carboxylic acids is 1. The molecular weight excluding hydrogens is 322 g/mol. The topological polar surface area (TPSA) is 80.0 Å². The number of anilines is 1. The van der Waals surface area contributed by atoms with E-state index in [1.54, 1.807) is 30.3 Å². The maximum absolute atomic E-state index is 12.6. The Hall–Kier alpha value is -2.73. The third-order valence-electron chi connectivity index (χ3n) is 3.25. The Kier molecular flexibility index (Phi) is 4.08. The van der Waals surface area contributed by atoms with Crippen LogP contribution in [0.2, 0.25) is 5.02 Å². The van der Waals surface area contributed by atoms with Gasteiger partial charge in [-0.25, -0.2) is 0 Å². The summed E-state index contributed by atoms with van der Waals surface area (Å²) in [6.45, 7) is 0.0142. The van der Waals surface area contributed by atoms with Gasteiger partial charge in [-0.3, -0.25) is 9.59 Å². The molecule has 0 spiro atoms. The number of carbonyl (C=O) groups excluding carboxylic acids is 1. The van der Waals surface area contributed by atoms with Crippen LogP contribution in [0.15, 0.2) is 46.8 Å². The zero-order chi connectivity index (χ0) is 16.4. The number of halogens is 1. The van der Waals surface area contributed by atoms with Crippen molar-refractivity contribution in [3.8, 4) is 5.75 Å². The van der Waals surface area contributed by atoms with Gasteiger partial charge >= 0.3 is 5.97 Å². The second-order valence-electron chi connectivity index (χ2n) is 4.84. The Labute approximate surface area is 136 Å². The molecule has 1 aliphatic heterocycles. The van der Waals surface area contributed by atoms with Crippen molar-refractivity contribution in [2.75, 3.05) is 11.4 Å². The van der Waals surface area contributed by atoms with Crippen LogP contribution in [0, 0.1) is 0 Å². The molecule has 2 aromatic rings. The summed E-state index contributed by atoms with van der Waals surface area (Å²) < 4.78 is 10.8. The smallest absolute Gasteiger partial charge is 0.305 e. The van der Waals surface area contributed by atoms with E-state index in [-0.39, 0.29) is 18.7 Å². The predicted octanol–water partition coefficient (Wildman–Crippen LogP) is 3.17. The lowest BCUT2D eigenvalue weighted by Gasteiger charge is -2.30. The van der Waals surface area contributed by atoms with Crippen LogP contribution in [-0.2, 0) is 9.59 Å². The maximum atomic E-state index is 12.6. The Morgan fingerprint density at radius 2 is 2.17 bits per heavy atom. The van der Waals surface area contributed by atoms with Crippen molar-refractivity contribution < 1.29 is 23.8 Å². The minimum Gasteiger partial charge on any atom is -0.481 e. The van der Waals surface area contributed by atoms with E-state index < -0.39 is 11.9 Å². The lowest BCUT2D eigenvalue weighted by molar-refractivity contribution is -0.136. The fourth-order valence-electron chi connectivity index (χ4n) is 2.22. The number of ether oxygens (including phenoxy) is 1. The van der Waals surface area contributed by atoms with Crippen molar-refractivity contribution in [1.29, 1.82) is 0 Å². The summed E-state index contributed by atoms with van der Waals surface area (Å²) in [5.74, 6) is -0.497. The minimum atomic E-state index is -0.996. The number of rotatable bonds is 4. The highest BCUT2D eigenvalue weighted by Gasteiger charge is 2.31. The van der Waals surface area contributed by atoms with E-state index in [9.17, 15) is 9.59 Å². The van der Waals surface area contributed by atoms with Gasteiger partial charge in [-0.1, -0.05) is 11.6 Å². The first-order valence-electron chi connectivity index (χ1n) is 6.81. The first-order valence-corrected chi connectivity index (χ1v) is 7.18. The van der Waals surface area contributed by atoms with Gasteiger partial charge < -0.3 is 19.2 Å². The van der Waals surface area contributed by atoms with Crippen molar-refractivity contribution in [1.82, 2.24) is 0 Å². The standard InChI is InChI=1S/C16H12ClNO5/c17-10-3-4-13-12(8-10)18(6-5-15(19)20)16(21)14(23-13)9-11-2-1-7-22-11/h1-4,7-9H,5-6H2,(H,19,20)/b14-9+. The number of carbonyl (C=O) groups is 2. The highest BCUT2D eigenvalue weighted by Crippen LogP contribution is 2.37. The zero-order valence-electron chi connectivity index (χ0n) is 11.9. The Balaban J connectivity index is 2.00. The molecule has 0 saturated carbocycles. The van der Waals surface area contributed by atoms with Gasteiger partial charge in [-0.05, 0) is 30.3 Å². The van der Waals surface area contributed by atoms with E-state index in [0.717, 1.165) is 0 Å². The normalized spacial score (nSPS) is 15.4. The summed E-state index contributed by atoms with van der Waals surface area (Å²) in [5.41, 5.74) is 0.445. The zero-order valence-corrected chi connectivity index (χ0v) is 12.6. The van der Waals surface area contributed by atoms with Gasteiger partial charge in [0, 0.05) is 17.6 Å². The SMILES string of the molecule is O=C(O)CCN1C(=O)/C(=C\c2ccco2)Oc2ccc(Cl)cc21. The number of benzene rings is 1. The summed E-state index contributed by atoms with van der Waals surface area (Å²) in [4.78, 5) is 24.8. The summed E-state index contributed by atoms with van der Waals surface area (Å²) >= 11 is 5.96. The van der Waals surface area contributed by atoms with E-state index in [1.165, 1.54) is 17.2 Å². The number of carboxylic acid groups (broad SMARTS) is 1. The number of hydrogen-bond donors (Lipinski definition) is 1. The number of amides is 1. The van der Waals surface area contributed by atoms with E-state index in [4.69, 9.17) is 25.9 Å². The molecule has 0 radical (unpaired) electrons. The van der Waals surface area contributed by atoms with Crippen LogP contribution >= 0.6 is 11.6 Å². The van der Waals surface area contributed by atoms with Crippen LogP contribution in [0.3, 0.4) is 0 Å². The summed E-state index contributed by atoms with van der Waals surface area (Å²) in [6, 6.07) is 8.21. The van der Waals surface area contributed by atoms with Crippen LogP contribution in [-0.4, -0.2) is 23.5 Å². The molecular formula is C16H12ClNO5. The molecule has 6 nitrogen and oxygen atoms in total. The number of furan rings is 1. The molecule has 0 saturated heterocycles. The third-order valence-corrected chi connectivity index (χ3v) is 3.49. The second kappa shape index (κ2) is 6.18. The molecule has 1 aliphatic rings. The Morgan fingerprint density at radius 1 is 1.35 bits per heavy atom. The van der Waals surface area contributed by atoms with Gasteiger partial charge in [0.15, 0.2) is 11.5 Å². The van der Waals surface area contributed by atoms with Crippen LogP contribution in [0.1, 0.15) is 12.2 Å². The van der Waals surface area contributed by atoms with E-state index >= 15 is 0 Å². The van der Waals surface area contributed by atoms with Gasteiger partial charge in [0.1, 0.15) is 5.76 Å². The molecule has 2 heterocycles. The number of nitrogens with zero attached hydrogens (tertiary/aromatic N) is 1. The number of aliphatic carboxylic acids is 1. The maximum Gasteiger partial charge on any atom is 0.305 e. The van der Waals surface area contributed by atoms with Gasteiger partial charge in [0.25, 0.3) is 5.91 Å². The first kappa shape index (κ1) is 15.2. The van der Waals surface area contributed by atoms with Gasteiger partial charge in [0.05, 0.1) is 18.4 Å². The van der Waals surface area contributed by atoms with Crippen molar-refractivity contribution in [2.24, 2.45) is 0 Å². The molecule has 1 aromatic carbocycles. The van der Waals surface area contributed by atoms with Crippen LogP contribution < -0.4 is 9.64 Å². The second-order valence-corrected chi connectivity index (χ2v) is 5.28. The van der Waals surface area contributed by atoms with Gasteiger partial charge in [-0.2, -0.15) is 0 Å². The molecule has 0 atom stereocenters. The molecule has 0 fully saturated rings. The summed E-state index contributed by atoms with van der Waals surface area (Å²) in [5, 5.41) is 9.31. The molecule has 7 heteroatoms. The lowest BCUT2D eigenvalue weighted by atomic mass is 10.2. The summed E-state index contributed by atoms with van der Waals surface area (Å²) in [6.07, 6.45) is 2.76. The molecule has 23 heavy (non-hydrogen) atoms.